The van der Waals surface area contributed by atoms with Crippen LogP contribution in [0.2, 0.25) is 0 Å². The minimum atomic E-state index is -1.11. The van der Waals surface area contributed by atoms with E-state index in [4.69, 9.17) is 4.74 Å². The number of nitrogens with zero attached hydrogens (tertiary/aromatic N) is 3. The first-order valence-electron chi connectivity index (χ1n) is 10.9. The third kappa shape index (κ3) is 5.27. The smallest absolute Gasteiger partial charge is 0.276 e. The molecule has 2 atom stereocenters. The van der Waals surface area contributed by atoms with E-state index in [1.807, 2.05) is 0 Å². The average molecular weight is 447 g/mol. The van der Waals surface area contributed by atoms with Gasteiger partial charge in [-0.2, -0.15) is 0 Å². The molecule has 4 rings (SSSR count). The van der Waals surface area contributed by atoms with Gasteiger partial charge in [0.25, 0.3) is 5.91 Å². The molecule has 0 spiro atoms. The van der Waals surface area contributed by atoms with Crippen molar-refractivity contribution in [3.05, 3.63) is 46.7 Å². The van der Waals surface area contributed by atoms with Crippen molar-refractivity contribution >= 4 is 23.3 Å². The monoisotopic (exact) mass is 446 g/mol. The summed E-state index contributed by atoms with van der Waals surface area (Å²) < 4.78 is 24.4. The molecule has 1 saturated carbocycles. The van der Waals surface area contributed by atoms with Gasteiger partial charge in [0.15, 0.2) is 5.69 Å². The summed E-state index contributed by atoms with van der Waals surface area (Å²) in [5, 5.41) is 8.52. The van der Waals surface area contributed by atoms with Crippen molar-refractivity contribution in [3.63, 3.8) is 0 Å². The number of rotatable bonds is 7. The van der Waals surface area contributed by atoms with E-state index in [1.165, 1.54) is 11.0 Å². The van der Waals surface area contributed by atoms with Gasteiger partial charge in [-0.15, -0.1) is 5.10 Å². The lowest BCUT2D eigenvalue weighted by molar-refractivity contribution is -0.127. The lowest BCUT2D eigenvalue weighted by Crippen LogP contribution is -2.49. The molecule has 1 N–H and O–H groups in total. The van der Waals surface area contributed by atoms with Gasteiger partial charge in [-0.3, -0.25) is 9.59 Å². The van der Waals surface area contributed by atoms with E-state index in [-0.39, 0.29) is 35.9 Å². The van der Waals surface area contributed by atoms with Crippen LogP contribution < -0.4 is 5.32 Å². The molecule has 1 aliphatic heterocycles. The summed E-state index contributed by atoms with van der Waals surface area (Å²) in [6.07, 6.45) is 6.53. The summed E-state index contributed by atoms with van der Waals surface area (Å²) >= 11 is 1.06. The number of carbonyl (C=O) groups excluding carboxylic acids is 2. The Hall–Kier alpha value is -2.39. The molecule has 0 bridgehead atoms. The molecule has 1 saturated heterocycles. The zero-order chi connectivity index (χ0) is 21.6. The standard InChI is InChI=1S/C22H27FN4O3S/c23-18-11-5-4-10-17(18)20(21(28)24-15-7-2-1-3-8-15)27(13-16-9-6-12-30-16)22(29)19-14-31-26-25-19/h4-5,10-11,14-16,20H,1-3,6-9,12-13H2,(H,24,28)/t16-,20-/m0/s1. The fourth-order valence-electron chi connectivity index (χ4n) is 4.39. The van der Waals surface area contributed by atoms with E-state index in [0.717, 1.165) is 56.5 Å². The van der Waals surface area contributed by atoms with Gasteiger partial charge in [0, 0.05) is 30.1 Å². The SMILES string of the molecule is O=C(NC1CCCCC1)[C@H](c1ccccc1F)N(C[C@@H]1CCCO1)C(=O)c1csnn1. The molecule has 0 radical (unpaired) electrons. The van der Waals surface area contributed by atoms with E-state index >= 15 is 0 Å². The van der Waals surface area contributed by atoms with Crippen molar-refractivity contribution in [1.82, 2.24) is 19.8 Å². The van der Waals surface area contributed by atoms with Crippen molar-refractivity contribution < 1.29 is 18.7 Å². The van der Waals surface area contributed by atoms with Crippen LogP contribution in [0.25, 0.3) is 0 Å². The molecular formula is C22H27FN4O3S. The maximum Gasteiger partial charge on any atom is 0.276 e. The molecule has 166 valence electrons. The predicted octanol–water partition coefficient (Wildman–Crippen LogP) is 3.49. The highest BCUT2D eigenvalue weighted by atomic mass is 32.1. The summed E-state index contributed by atoms with van der Waals surface area (Å²) in [7, 11) is 0. The highest BCUT2D eigenvalue weighted by Crippen LogP contribution is 2.29. The molecule has 2 fully saturated rings. The number of ether oxygens (including phenoxy) is 1. The molecule has 2 aliphatic rings. The van der Waals surface area contributed by atoms with E-state index in [1.54, 1.807) is 23.6 Å². The number of benzene rings is 1. The van der Waals surface area contributed by atoms with Crippen LogP contribution in [0.3, 0.4) is 0 Å². The fraction of sp³-hybridized carbons (Fsp3) is 0.545. The summed E-state index contributed by atoms with van der Waals surface area (Å²) in [6, 6.07) is 5.06. The Morgan fingerprint density at radius 2 is 2.00 bits per heavy atom. The average Bonchev–Trinajstić information content (AvgIpc) is 3.49. The van der Waals surface area contributed by atoms with E-state index in [9.17, 15) is 14.0 Å². The van der Waals surface area contributed by atoms with Crippen LogP contribution in [0, 0.1) is 5.82 Å². The second-order valence-corrected chi connectivity index (χ2v) is 8.76. The van der Waals surface area contributed by atoms with Crippen molar-refractivity contribution in [2.24, 2.45) is 0 Å². The largest absolute Gasteiger partial charge is 0.376 e. The summed E-state index contributed by atoms with van der Waals surface area (Å²) in [4.78, 5) is 28.3. The number of hydrogen-bond acceptors (Lipinski definition) is 6. The molecule has 1 aliphatic carbocycles. The minimum absolute atomic E-state index is 0.0381. The minimum Gasteiger partial charge on any atom is -0.376 e. The van der Waals surface area contributed by atoms with Crippen molar-refractivity contribution in [2.75, 3.05) is 13.2 Å². The number of carbonyl (C=O) groups is 2. The number of nitrogens with one attached hydrogen (secondary N) is 1. The number of aromatic nitrogens is 2. The second-order valence-electron chi connectivity index (χ2n) is 8.15. The van der Waals surface area contributed by atoms with Crippen LogP contribution in [-0.4, -0.2) is 51.6 Å². The predicted molar refractivity (Wildman–Crippen MR) is 114 cm³/mol. The van der Waals surface area contributed by atoms with Gasteiger partial charge in [-0.25, -0.2) is 4.39 Å². The molecule has 2 heterocycles. The van der Waals surface area contributed by atoms with Crippen molar-refractivity contribution in [2.45, 2.75) is 63.1 Å². The third-order valence-electron chi connectivity index (χ3n) is 5.98. The summed E-state index contributed by atoms with van der Waals surface area (Å²) in [5.41, 5.74) is 0.320. The van der Waals surface area contributed by atoms with Crippen molar-refractivity contribution in [3.8, 4) is 0 Å². The molecule has 7 nitrogen and oxygen atoms in total. The third-order valence-corrected chi connectivity index (χ3v) is 6.48. The molecule has 0 unspecified atom stereocenters. The topological polar surface area (TPSA) is 84.4 Å². The Labute approximate surface area is 185 Å². The molecule has 31 heavy (non-hydrogen) atoms. The number of amides is 2. The van der Waals surface area contributed by atoms with E-state index in [0.29, 0.717) is 6.61 Å². The first-order chi connectivity index (χ1) is 15.1. The Morgan fingerprint density at radius 3 is 2.68 bits per heavy atom. The molecule has 9 heteroatoms. The lowest BCUT2D eigenvalue weighted by atomic mass is 9.94. The Balaban J connectivity index is 1.68. The highest BCUT2D eigenvalue weighted by Gasteiger charge is 2.37. The van der Waals surface area contributed by atoms with Crippen LogP contribution in [-0.2, 0) is 9.53 Å². The zero-order valence-corrected chi connectivity index (χ0v) is 18.2. The molecule has 2 aromatic rings. The Kier molecular flexibility index (Phi) is 7.24. The number of hydrogen-bond donors (Lipinski definition) is 1. The Morgan fingerprint density at radius 1 is 1.19 bits per heavy atom. The van der Waals surface area contributed by atoms with Gasteiger partial charge >= 0.3 is 0 Å². The molecule has 1 aromatic heterocycles. The fourth-order valence-corrected chi connectivity index (χ4v) is 4.82. The van der Waals surface area contributed by atoms with Crippen LogP contribution >= 0.6 is 11.5 Å². The van der Waals surface area contributed by atoms with Crippen molar-refractivity contribution in [1.29, 1.82) is 0 Å². The second kappa shape index (κ2) is 10.3. The number of halogens is 1. The normalized spacial score (nSPS) is 20.4. The van der Waals surface area contributed by atoms with Crippen LogP contribution in [0.1, 0.15) is 67.0 Å². The molecule has 1 aromatic carbocycles. The van der Waals surface area contributed by atoms with Gasteiger partial charge in [0.1, 0.15) is 11.9 Å². The summed E-state index contributed by atoms with van der Waals surface area (Å²) in [5.74, 6) is -1.34. The quantitative estimate of drug-likeness (QED) is 0.704. The van der Waals surface area contributed by atoms with Crippen LogP contribution in [0.15, 0.2) is 29.6 Å². The lowest BCUT2D eigenvalue weighted by Gasteiger charge is -2.34. The molecule has 2 amide bonds. The first-order valence-corrected chi connectivity index (χ1v) is 11.7. The van der Waals surface area contributed by atoms with Crippen LogP contribution in [0.5, 0.6) is 0 Å². The highest BCUT2D eigenvalue weighted by molar-refractivity contribution is 7.03. The van der Waals surface area contributed by atoms with Gasteiger partial charge in [0.2, 0.25) is 5.91 Å². The maximum absolute atomic E-state index is 14.9. The van der Waals surface area contributed by atoms with Gasteiger partial charge in [0.05, 0.1) is 6.10 Å². The summed E-state index contributed by atoms with van der Waals surface area (Å²) in [6.45, 7) is 0.803. The maximum atomic E-state index is 14.9. The van der Waals surface area contributed by atoms with E-state index < -0.39 is 17.8 Å². The van der Waals surface area contributed by atoms with Gasteiger partial charge in [-0.05, 0) is 43.3 Å². The van der Waals surface area contributed by atoms with Crippen LogP contribution in [0.4, 0.5) is 4.39 Å². The van der Waals surface area contributed by atoms with Gasteiger partial charge < -0.3 is 15.0 Å². The van der Waals surface area contributed by atoms with Gasteiger partial charge in [-0.1, -0.05) is 41.9 Å². The Bertz CT molecular complexity index is 883. The molecular weight excluding hydrogens is 419 g/mol. The zero-order valence-electron chi connectivity index (χ0n) is 17.3. The first kappa shape index (κ1) is 21.8. The van der Waals surface area contributed by atoms with E-state index in [2.05, 4.69) is 14.9 Å².